The Balaban J connectivity index is -0.00000433. The summed E-state index contributed by atoms with van der Waals surface area (Å²) in [6.45, 7) is 2.21. The van der Waals surface area contributed by atoms with Gasteiger partial charge in [-0.3, -0.25) is 18.5 Å². The molecule has 0 aliphatic carbocycles. The minimum Gasteiger partial charge on any atom is -1.00 e. The third-order valence-electron chi connectivity index (χ3n) is 8.45. The molecule has 11 nitrogen and oxygen atoms in total. The van der Waals surface area contributed by atoms with E-state index in [1.807, 2.05) is 0 Å². The molecule has 0 saturated carbocycles. The Bertz CT molecular complexity index is 2100. The van der Waals surface area contributed by atoms with E-state index in [1.165, 1.54) is 56.7 Å². The number of hydrogen-bond donors (Lipinski definition) is 3. The molecule has 4 rings (SSSR count). The van der Waals surface area contributed by atoms with Crippen LogP contribution < -0.4 is 93.4 Å². The maximum Gasteiger partial charge on any atom is 1.00 e. The quantitative estimate of drug-likeness (QED) is 0.0214. The van der Waals surface area contributed by atoms with Crippen molar-refractivity contribution < 1.29 is 141 Å². The zero-order valence-corrected chi connectivity index (χ0v) is 38.3. The first-order valence-corrected chi connectivity index (χ1v) is 20.5. The van der Waals surface area contributed by atoms with Crippen LogP contribution in [-0.4, -0.2) is 44.9 Å². The van der Waals surface area contributed by atoms with E-state index in [9.17, 15) is 43.7 Å². The summed E-state index contributed by atoms with van der Waals surface area (Å²) < 4.78 is 109. The molecule has 0 aliphatic heterocycles. The van der Waals surface area contributed by atoms with Crippen LogP contribution in [0.3, 0.4) is 0 Å². The predicted octanol–water partition coefficient (Wildman–Crippen LogP) is -0.383. The third-order valence-corrected chi connectivity index (χ3v) is 11.1. The van der Waals surface area contributed by atoms with Gasteiger partial charge in [-0.2, -0.15) is 25.3 Å². The van der Waals surface area contributed by atoms with E-state index in [2.05, 4.69) is 19.1 Å². The number of allylic oxidation sites excluding steroid dienone is 2. The molecule has 268 valence electrons. The van der Waals surface area contributed by atoms with Gasteiger partial charge < -0.3 is 9.02 Å². The molecule has 0 unspecified atom stereocenters. The van der Waals surface area contributed by atoms with Crippen molar-refractivity contribution in [2.45, 2.75) is 112 Å². The van der Waals surface area contributed by atoms with Gasteiger partial charge in [0, 0.05) is 44.8 Å². The maximum absolute atomic E-state index is 12.9. The fourth-order valence-corrected chi connectivity index (χ4v) is 8.31. The fraction of sp³-hybridized carbons (Fsp3) is 0.441. The molecule has 0 aliphatic rings. The van der Waals surface area contributed by atoms with Crippen molar-refractivity contribution in [2.24, 2.45) is 0 Å². The molecule has 3 N–H and O–H groups in total. The Morgan fingerprint density at radius 2 is 0.961 bits per heavy atom. The maximum atomic E-state index is 12.9. The largest absolute Gasteiger partial charge is 1.00 e. The van der Waals surface area contributed by atoms with Crippen molar-refractivity contribution >= 4 is 68.6 Å². The fourth-order valence-electron chi connectivity index (χ4n) is 6.10. The smallest absolute Gasteiger partial charge is 1.00 e. The van der Waals surface area contributed by atoms with Gasteiger partial charge in [-0.15, -0.1) is 0 Å². The van der Waals surface area contributed by atoms with Crippen LogP contribution >= 0.6 is 0 Å². The first kappa shape index (κ1) is 48.9. The Hall–Kier alpha value is -0.140. The van der Waals surface area contributed by atoms with Gasteiger partial charge in [0.25, 0.3) is 30.4 Å². The van der Waals surface area contributed by atoms with Gasteiger partial charge in [-0.05, 0) is 44.2 Å². The zero-order valence-electron chi connectivity index (χ0n) is 32.9. The van der Waals surface area contributed by atoms with E-state index in [-0.39, 0.29) is 137 Å². The summed E-state index contributed by atoms with van der Waals surface area (Å²) >= 11 is 0. The molecule has 0 saturated heterocycles. The number of ether oxygens (including phenoxy) is 1. The van der Waals surface area contributed by atoms with Crippen LogP contribution in [0.4, 0.5) is 0 Å². The molecule has 0 radical (unpaired) electrons. The molecule has 0 fully saturated rings. The zero-order chi connectivity index (χ0) is 35.1. The van der Waals surface area contributed by atoms with Crippen LogP contribution in [0.15, 0.2) is 63.2 Å². The monoisotopic (exact) mass is 794 g/mol. The minimum absolute atomic E-state index is 0. The van der Waals surface area contributed by atoms with Crippen LogP contribution in [0.2, 0.25) is 0 Å². The van der Waals surface area contributed by atoms with Gasteiger partial charge in [0.1, 0.15) is 20.4 Å². The summed E-state index contributed by atoms with van der Waals surface area (Å²) in [5.74, 6) is -0.922. The average Bonchev–Trinajstić information content (AvgIpc) is 3.00. The SMILES string of the molecule is CCCCCCCC/C=C\CCCCCCCC(=O)Oc1cc(S(=O)(=O)O)c2ccc3c(S(=O)(=O)O)cc(S(=O)(=O)O)c4ccc1c2c43.[H-].[H-].[H-].[Na+].[Na+].[Na+]. The van der Waals surface area contributed by atoms with Crippen LogP contribution in [0, 0.1) is 0 Å². The molecule has 0 aromatic heterocycles. The summed E-state index contributed by atoms with van der Waals surface area (Å²) in [6, 6.07) is 6.49. The number of carbonyl (C=O) groups is 1. The van der Waals surface area contributed by atoms with E-state index < -0.39 is 51.0 Å². The van der Waals surface area contributed by atoms with Gasteiger partial charge in [0.2, 0.25) is 0 Å². The van der Waals surface area contributed by atoms with Crippen molar-refractivity contribution in [3.8, 4) is 5.75 Å². The Morgan fingerprint density at radius 1 is 0.588 bits per heavy atom. The topological polar surface area (TPSA) is 189 Å². The summed E-state index contributed by atoms with van der Waals surface area (Å²) in [5, 5.41) is -0.585. The molecule has 0 atom stereocenters. The molecule has 0 bridgehead atoms. The second-order valence-corrected chi connectivity index (χ2v) is 16.2. The van der Waals surface area contributed by atoms with Gasteiger partial charge in [0.05, 0.1) is 0 Å². The Labute approximate surface area is 371 Å². The van der Waals surface area contributed by atoms with E-state index in [0.717, 1.165) is 50.7 Å². The van der Waals surface area contributed by atoms with Crippen LogP contribution in [-0.2, 0) is 35.1 Å². The van der Waals surface area contributed by atoms with Gasteiger partial charge >= 0.3 is 94.6 Å². The molecule has 17 heteroatoms. The summed E-state index contributed by atoms with van der Waals surface area (Å²) in [4.78, 5) is 10.5. The number of unbranched alkanes of at least 4 members (excludes halogenated alkanes) is 11. The second-order valence-electron chi connectivity index (χ2n) is 12.1. The van der Waals surface area contributed by atoms with Crippen LogP contribution in [0.25, 0.3) is 32.3 Å². The van der Waals surface area contributed by atoms with E-state index in [0.29, 0.717) is 12.5 Å². The molecule has 4 aromatic carbocycles. The van der Waals surface area contributed by atoms with Crippen molar-refractivity contribution in [2.75, 3.05) is 0 Å². The van der Waals surface area contributed by atoms with E-state index >= 15 is 0 Å². The van der Waals surface area contributed by atoms with Gasteiger partial charge in [0.15, 0.2) is 0 Å². The van der Waals surface area contributed by atoms with E-state index in [1.54, 1.807) is 0 Å². The molecule has 0 amide bonds. The summed E-state index contributed by atoms with van der Waals surface area (Å²) in [7, 11) is -15.0. The number of esters is 1. The number of rotatable bonds is 19. The standard InChI is InChI=1S/C34H42O11S3.3Na.3H/c1-2-3-4-5-6-7-8-9-10-11-12-13-14-15-16-17-32(35)45-28-22-29(46(36,37)38)25-20-21-27-31(48(42,43)44)23-30(47(39,40)41)26-19-18-24(28)33(25)34(26)27;;;;;;/h9-10,18-23H,2-8,11-17H2,1H3,(H,36,37,38)(H,39,40,41)(H,42,43,44);;;;;;/q;3*+1;3*-1/b10-9-;;;;;;. The Kier molecular flexibility index (Phi) is 20.9. The summed E-state index contributed by atoms with van der Waals surface area (Å²) in [6.07, 6.45) is 18.6. The number of hydrogen-bond acceptors (Lipinski definition) is 8. The predicted molar refractivity (Wildman–Crippen MR) is 188 cm³/mol. The van der Waals surface area contributed by atoms with Crippen molar-refractivity contribution in [1.82, 2.24) is 0 Å². The van der Waals surface area contributed by atoms with Crippen molar-refractivity contribution in [1.29, 1.82) is 0 Å². The van der Waals surface area contributed by atoms with Crippen molar-refractivity contribution in [3.05, 3.63) is 48.6 Å². The van der Waals surface area contributed by atoms with Gasteiger partial charge in [-0.1, -0.05) is 88.6 Å². The van der Waals surface area contributed by atoms with Crippen molar-refractivity contribution in [3.63, 3.8) is 0 Å². The molecular weight excluding hydrogens is 750 g/mol. The Morgan fingerprint density at radius 3 is 1.41 bits per heavy atom. The summed E-state index contributed by atoms with van der Waals surface area (Å²) in [5.41, 5.74) is 0. The average molecular weight is 795 g/mol. The van der Waals surface area contributed by atoms with Gasteiger partial charge in [-0.25, -0.2) is 0 Å². The van der Waals surface area contributed by atoms with E-state index in [4.69, 9.17) is 4.74 Å². The molecule has 0 spiro atoms. The number of benzene rings is 4. The number of carbonyl (C=O) groups excluding carboxylic acids is 1. The molecule has 4 aromatic rings. The molecular formula is C34H45Na3O11S3. The first-order chi connectivity index (χ1) is 22.6. The normalized spacial score (nSPS) is 12.2. The van der Waals surface area contributed by atoms with Crippen LogP contribution in [0.1, 0.15) is 101 Å². The minimum atomic E-state index is -5.04. The molecule has 51 heavy (non-hydrogen) atoms. The van der Waals surface area contributed by atoms with Crippen LogP contribution in [0.5, 0.6) is 5.75 Å². The first-order valence-electron chi connectivity index (χ1n) is 16.2. The molecule has 0 heterocycles. The second kappa shape index (κ2) is 21.8. The third kappa shape index (κ3) is 13.2.